The zero-order chi connectivity index (χ0) is 11.5. The molecule has 5 heteroatoms. The molecule has 1 aromatic heterocycles. The highest BCUT2D eigenvalue weighted by atomic mass is 32.1. The summed E-state index contributed by atoms with van der Waals surface area (Å²) in [4.78, 5) is 11.0. The molecule has 0 aliphatic carbocycles. The fourth-order valence-electron chi connectivity index (χ4n) is 1.36. The maximum atomic E-state index is 10.6. The van der Waals surface area contributed by atoms with Gasteiger partial charge in [-0.05, 0) is 23.8 Å². The van der Waals surface area contributed by atoms with Crippen molar-refractivity contribution in [2.75, 3.05) is 7.11 Å². The molecule has 2 rings (SSSR count). The van der Waals surface area contributed by atoms with Gasteiger partial charge in [-0.1, -0.05) is 23.5 Å². The van der Waals surface area contributed by atoms with E-state index in [1.54, 1.807) is 13.2 Å². The zero-order valence-electron chi connectivity index (χ0n) is 8.54. The Hall–Kier alpha value is -1.88. The van der Waals surface area contributed by atoms with Gasteiger partial charge in [0.15, 0.2) is 0 Å². The summed E-state index contributed by atoms with van der Waals surface area (Å²) in [5, 5.41) is 10.7. The van der Waals surface area contributed by atoms with Gasteiger partial charge >= 0.3 is 5.00 Å². The third kappa shape index (κ3) is 2.04. The minimum Gasteiger partial charge on any atom is -0.497 e. The summed E-state index contributed by atoms with van der Waals surface area (Å²) < 4.78 is 5.10. The molecule has 0 saturated carbocycles. The van der Waals surface area contributed by atoms with Crippen molar-refractivity contribution in [2.45, 2.75) is 0 Å². The topological polar surface area (TPSA) is 52.4 Å². The van der Waals surface area contributed by atoms with Gasteiger partial charge in [0.05, 0.1) is 12.0 Å². The van der Waals surface area contributed by atoms with Gasteiger partial charge in [0.1, 0.15) is 5.75 Å². The van der Waals surface area contributed by atoms with E-state index in [-0.39, 0.29) is 9.92 Å². The summed E-state index contributed by atoms with van der Waals surface area (Å²) in [5.74, 6) is 0.744. The largest absolute Gasteiger partial charge is 0.497 e. The van der Waals surface area contributed by atoms with Gasteiger partial charge in [-0.3, -0.25) is 10.1 Å². The lowest BCUT2D eigenvalue weighted by atomic mass is 10.2. The standard InChI is InChI=1S/C11H9NO3S/c1-15-9-4-2-3-8(7-9)10-5-6-11(16-10)12(13)14/h2-7H,1H3. The van der Waals surface area contributed by atoms with Gasteiger partial charge in [0.2, 0.25) is 0 Å². The molecule has 1 aromatic carbocycles. The van der Waals surface area contributed by atoms with Crippen LogP contribution in [0.3, 0.4) is 0 Å². The summed E-state index contributed by atoms with van der Waals surface area (Å²) in [7, 11) is 1.59. The average molecular weight is 235 g/mol. The molecule has 16 heavy (non-hydrogen) atoms. The monoisotopic (exact) mass is 235 g/mol. The van der Waals surface area contributed by atoms with E-state index in [9.17, 15) is 10.1 Å². The molecule has 0 bridgehead atoms. The third-order valence-corrected chi connectivity index (χ3v) is 3.21. The van der Waals surface area contributed by atoms with E-state index >= 15 is 0 Å². The third-order valence-electron chi connectivity index (χ3n) is 2.13. The molecule has 0 saturated heterocycles. The summed E-state index contributed by atoms with van der Waals surface area (Å²) in [6.45, 7) is 0. The van der Waals surface area contributed by atoms with Crippen molar-refractivity contribution in [2.24, 2.45) is 0 Å². The van der Waals surface area contributed by atoms with Crippen molar-refractivity contribution >= 4 is 16.3 Å². The lowest BCUT2D eigenvalue weighted by Gasteiger charge is -2.01. The number of benzene rings is 1. The average Bonchev–Trinajstić information content (AvgIpc) is 2.78. The normalized spacial score (nSPS) is 10.1. The molecule has 0 aliphatic heterocycles. The second-order valence-electron chi connectivity index (χ2n) is 3.13. The van der Waals surface area contributed by atoms with Crippen LogP contribution in [0, 0.1) is 10.1 Å². The van der Waals surface area contributed by atoms with Crippen molar-refractivity contribution in [1.29, 1.82) is 0 Å². The van der Waals surface area contributed by atoms with Crippen LogP contribution in [0.15, 0.2) is 36.4 Å². The Bertz CT molecular complexity index is 521. The smallest absolute Gasteiger partial charge is 0.324 e. The Morgan fingerprint density at radius 3 is 2.75 bits per heavy atom. The first-order valence-corrected chi connectivity index (χ1v) is 5.41. The van der Waals surface area contributed by atoms with Gasteiger partial charge in [0.25, 0.3) is 0 Å². The molecule has 0 atom stereocenters. The van der Waals surface area contributed by atoms with E-state index in [4.69, 9.17) is 4.74 Å². The number of hydrogen-bond acceptors (Lipinski definition) is 4. The molecule has 0 radical (unpaired) electrons. The molecule has 1 heterocycles. The predicted octanol–water partition coefficient (Wildman–Crippen LogP) is 3.33. The molecule has 0 unspecified atom stereocenters. The molecule has 0 fully saturated rings. The number of ether oxygens (including phenoxy) is 1. The van der Waals surface area contributed by atoms with Crippen molar-refractivity contribution in [3.8, 4) is 16.2 Å². The Balaban J connectivity index is 2.38. The van der Waals surface area contributed by atoms with Gasteiger partial charge in [-0.15, -0.1) is 0 Å². The summed E-state index contributed by atoms with van der Waals surface area (Å²) in [6, 6.07) is 10.7. The van der Waals surface area contributed by atoms with Crippen LogP contribution in [0.4, 0.5) is 5.00 Å². The van der Waals surface area contributed by atoms with Crippen LogP contribution >= 0.6 is 11.3 Å². The van der Waals surface area contributed by atoms with Crippen molar-refractivity contribution < 1.29 is 9.66 Å². The first kappa shape index (κ1) is 10.6. The van der Waals surface area contributed by atoms with Gasteiger partial charge in [-0.2, -0.15) is 0 Å². The highest BCUT2D eigenvalue weighted by Crippen LogP contribution is 2.33. The van der Waals surface area contributed by atoms with Crippen molar-refractivity contribution in [3.63, 3.8) is 0 Å². The van der Waals surface area contributed by atoms with E-state index in [0.717, 1.165) is 27.5 Å². The lowest BCUT2D eigenvalue weighted by molar-refractivity contribution is -0.380. The number of rotatable bonds is 3. The zero-order valence-corrected chi connectivity index (χ0v) is 9.36. The molecular formula is C11H9NO3S. The van der Waals surface area contributed by atoms with Crippen LogP contribution in [-0.2, 0) is 0 Å². The summed E-state index contributed by atoms with van der Waals surface area (Å²) in [6.07, 6.45) is 0. The number of thiophene rings is 1. The summed E-state index contributed by atoms with van der Waals surface area (Å²) >= 11 is 1.16. The predicted molar refractivity (Wildman–Crippen MR) is 63.0 cm³/mol. The lowest BCUT2D eigenvalue weighted by Crippen LogP contribution is -1.82. The van der Waals surface area contributed by atoms with Crippen LogP contribution < -0.4 is 4.74 Å². The molecule has 0 aliphatic rings. The molecule has 2 aromatic rings. The van der Waals surface area contributed by atoms with E-state index < -0.39 is 0 Å². The van der Waals surface area contributed by atoms with Crippen molar-refractivity contribution in [3.05, 3.63) is 46.5 Å². The second kappa shape index (κ2) is 4.32. The minimum atomic E-state index is -0.381. The Morgan fingerprint density at radius 1 is 1.31 bits per heavy atom. The SMILES string of the molecule is COc1cccc(-c2ccc([N+](=O)[O-])s2)c1. The van der Waals surface area contributed by atoms with E-state index in [1.807, 2.05) is 24.3 Å². The Morgan fingerprint density at radius 2 is 2.12 bits per heavy atom. The second-order valence-corrected chi connectivity index (χ2v) is 4.19. The fourth-order valence-corrected chi connectivity index (χ4v) is 2.17. The van der Waals surface area contributed by atoms with Crippen molar-refractivity contribution in [1.82, 2.24) is 0 Å². The quantitative estimate of drug-likeness (QED) is 0.605. The van der Waals surface area contributed by atoms with E-state index in [1.165, 1.54) is 6.07 Å². The van der Waals surface area contributed by atoms with Crippen LogP contribution in [0.1, 0.15) is 0 Å². The maximum Gasteiger partial charge on any atom is 0.324 e. The molecule has 4 nitrogen and oxygen atoms in total. The van der Waals surface area contributed by atoms with Crippen LogP contribution in [0.2, 0.25) is 0 Å². The number of nitro groups is 1. The number of nitrogens with zero attached hydrogens (tertiary/aromatic N) is 1. The highest BCUT2D eigenvalue weighted by Gasteiger charge is 2.11. The van der Waals surface area contributed by atoms with Gasteiger partial charge in [-0.25, -0.2) is 0 Å². The Labute approximate surface area is 96.3 Å². The number of methoxy groups -OCH3 is 1. The van der Waals surface area contributed by atoms with Crippen LogP contribution in [0.5, 0.6) is 5.75 Å². The minimum absolute atomic E-state index is 0.151. The van der Waals surface area contributed by atoms with E-state index in [0.29, 0.717) is 0 Å². The first-order chi connectivity index (χ1) is 7.70. The molecule has 0 N–H and O–H groups in total. The number of hydrogen-bond donors (Lipinski definition) is 0. The molecule has 0 spiro atoms. The molecule has 0 amide bonds. The first-order valence-electron chi connectivity index (χ1n) is 4.59. The van der Waals surface area contributed by atoms with Crippen LogP contribution in [0.25, 0.3) is 10.4 Å². The highest BCUT2D eigenvalue weighted by molar-refractivity contribution is 7.18. The molecule has 82 valence electrons. The van der Waals surface area contributed by atoms with Gasteiger partial charge < -0.3 is 4.74 Å². The fraction of sp³-hybridized carbons (Fsp3) is 0.0909. The molecular weight excluding hydrogens is 226 g/mol. The maximum absolute atomic E-state index is 10.6. The van der Waals surface area contributed by atoms with Crippen LogP contribution in [-0.4, -0.2) is 12.0 Å². The summed E-state index contributed by atoms with van der Waals surface area (Å²) in [5.41, 5.74) is 0.928. The van der Waals surface area contributed by atoms with Gasteiger partial charge in [0, 0.05) is 10.9 Å². The van der Waals surface area contributed by atoms with E-state index in [2.05, 4.69) is 0 Å². The Kier molecular flexibility index (Phi) is 2.87.